The molecule has 1 N–H and O–H groups in total. The summed E-state index contributed by atoms with van der Waals surface area (Å²) in [7, 11) is 1.51. The van der Waals surface area contributed by atoms with E-state index < -0.39 is 17.2 Å². The van der Waals surface area contributed by atoms with Gasteiger partial charge in [0.2, 0.25) is 11.8 Å². The number of methoxy groups -OCH3 is 1. The molecule has 198 valence electrons. The molecule has 6 nitrogen and oxygen atoms in total. The lowest BCUT2D eigenvalue weighted by atomic mass is 9.48. The summed E-state index contributed by atoms with van der Waals surface area (Å²) in [6.07, 6.45) is 0. The molecule has 2 atom stereocenters. The largest absolute Gasteiger partial charge is 0.495 e. The van der Waals surface area contributed by atoms with Crippen molar-refractivity contribution in [1.82, 2.24) is 0 Å². The molecular formula is C33H25ClN2O4. The number of benzene rings is 4. The Balaban J connectivity index is 1.28. The summed E-state index contributed by atoms with van der Waals surface area (Å²) in [5.74, 6) is -1.42. The maximum Gasteiger partial charge on any atom is 0.255 e. The number of halogens is 1. The molecule has 3 amide bonds. The third-order valence-corrected chi connectivity index (χ3v) is 9.02. The van der Waals surface area contributed by atoms with Crippen LogP contribution >= 0.6 is 11.6 Å². The van der Waals surface area contributed by atoms with Gasteiger partial charge in [0, 0.05) is 22.4 Å². The Hall–Kier alpha value is -4.42. The molecule has 8 rings (SSSR count). The first-order valence-electron chi connectivity index (χ1n) is 13.2. The van der Waals surface area contributed by atoms with Crippen LogP contribution in [-0.4, -0.2) is 24.8 Å². The topological polar surface area (TPSA) is 75.7 Å². The predicted molar refractivity (Wildman–Crippen MR) is 153 cm³/mol. The second kappa shape index (κ2) is 8.80. The Kier molecular flexibility index (Phi) is 5.41. The highest BCUT2D eigenvalue weighted by atomic mass is 35.5. The van der Waals surface area contributed by atoms with Crippen LogP contribution in [0.5, 0.6) is 5.75 Å². The molecule has 40 heavy (non-hydrogen) atoms. The Labute approximate surface area is 236 Å². The summed E-state index contributed by atoms with van der Waals surface area (Å²) >= 11 is 6.13. The molecule has 4 aromatic rings. The summed E-state index contributed by atoms with van der Waals surface area (Å²) in [5, 5.41) is 3.28. The lowest BCUT2D eigenvalue weighted by Crippen LogP contribution is -2.49. The van der Waals surface area contributed by atoms with Gasteiger partial charge < -0.3 is 10.1 Å². The van der Waals surface area contributed by atoms with Gasteiger partial charge in [-0.25, -0.2) is 4.90 Å². The minimum Gasteiger partial charge on any atom is -0.495 e. The monoisotopic (exact) mass is 548 g/mol. The van der Waals surface area contributed by atoms with Crippen LogP contribution in [0, 0.1) is 11.3 Å². The zero-order valence-electron chi connectivity index (χ0n) is 21.9. The number of rotatable bonds is 4. The van der Waals surface area contributed by atoms with Gasteiger partial charge in [-0.15, -0.1) is 0 Å². The van der Waals surface area contributed by atoms with E-state index in [4.69, 9.17) is 16.3 Å². The smallest absolute Gasteiger partial charge is 0.255 e. The number of imide groups is 1. The molecule has 4 aliphatic rings. The standard InChI is InChI=1S/C33H25ClN2O4/c1-33-28-23-12-5-3-10-21(23)27(22-11-4-6-13-24(22)28)29(33)31(38)36(32(33)39)20-9-7-8-18(16-20)30(37)35-25-17-19(34)14-15-26(25)40-2/h3-17,27-29H,1-2H3,(H,35,37)/t27?,28?,29-,33+/m0/s1. The highest BCUT2D eigenvalue weighted by molar-refractivity contribution is 6.31. The van der Waals surface area contributed by atoms with Gasteiger partial charge >= 0.3 is 0 Å². The molecule has 7 heteroatoms. The fourth-order valence-corrected chi connectivity index (χ4v) is 7.29. The summed E-state index contributed by atoms with van der Waals surface area (Å²) in [6.45, 7) is 1.93. The lowest BCUT2D eigenvalue weighted by molar-refractivity contribution is -0.128. The third kappa shape index (κ3) is 3.26. The van der Waals surface area contributed by atoms with E-state index in [1.165, 1.54) is 12.0 Å². The summed E-state index contributed by atoms with van der Waals surface area (Å²) in [6, 6.07) is 27.9. The van der Waals surface area contributed by atoms with Crippen LogP contribution in [0.15, 0.2) is 91.0 Å². The quantitative estimate of drug-likeness (QED) is 0.300. The van der Waals surface area contributed by atoms with Crippen LogP contribution in [0.2, 0.25) is 5.02 Å². The van der Waals surface area contributed by atoms with Crippen LogP contribution in [0.3, 0.4) is 0 Å². The number of anilines is 2. The van der Waals surface area contributed by atoms with Gasteiger partial charge in [0.1, 0.15) is 5.75 Å². The number of hydrogen-bond acceptors (Lipinski definition) is 4. The van der Waals surface area contributed by atoms with Crippen molar-refractivity contribution in [2.75, 3.05) is 17.3 Å². The number of amides is 3. The third-order valence-electron chi connectivity index (χ3n) is 8.79. The highest BCUT2D eigenvalue weighted by Gasteiger charge is 2.68. The minimum atomic E-state index is -0.948. The van der Waals surface area contributed by atoms with Crippen molar-refractivity contribution in [2.45, 2.75) is 18.8 Å². The van der Waals surface area contributed by atoms with Crippen LogP contribution in [-0.2, 0) is 9.59 Å². The van der Waals surface area contributed by atoms with Crippen molar-refractivity contribution in [2.24, 2.45) is 11.3 Å². The highest BCUT2D eigenvalue weighted by Crippen LogP contribution is 2.67. The molecule has 0 saturated carbocycles. The normalized spacial score (nSPS) is 23.9. The molecule has 2 bridgehead atoms. The van der Waals surface area contributed by atoms with E-state index in [0.29, 0.717) is 27.7 Å². The van der Waals surface area contributed by atoms with E-state index in [9.17, 15) is 14.4 Å². The first-order chi connectivity index (χ1) is 19.3. The van der Waals surface area contributed by atoms with Gasteiger partial charge in [-0.2, -0.15) is 0 Å². The van der Waals surface area contributed by atoms with Crippen LogP contribution in [0.25, 0.3) is 0 Å². The second-order valence-corrected chi connectivity index (χ2v) is 11.2. The number of ether oxygens (including phenoxy) is 1. The van der Waals surface area contributed by atoms with Crippen LogP contribution in [0.4, 0.5) is 11.4 Å². The fourth-order valence-electron chi connectivity index (χ4n) is 7.12. The molecule has 0 unspecified atom stereocenters. The van der Waals surface area contributed by atoms with E-state index in [2.05, 4.69) is 29.6 Å². The van der Waals surface area contributed by atoms with Gasteiger partial charge in [0.05, 0.1) is 29.8 Å². The molecule has 1 aliphatic heterocycles. The van der Waals surface area contributed by atoms with Gasteiger partial charge in [-0.3, -0.25) is 14.4 Å². The summed E-state index contributed by atoms with van der Waals surface area (Å²) in [5.41, 5.74) is 4.59. The predicted octanol–water partition coefficient (Wildman–Crippen LogP) is 6.39. The fraction of sp³-hybridized carbons (Fsp3) is 0.182. The van der Waals surface area contributed by atoms with Crippen molar-refractivity contribution in [3.05, 3.63) is 124 Å². The molecule has 0 aromatic heterocycles. The van der Waals surface area contributed by atoms with E-state index in [1.54, 1.807) is 42.5 Å². The van der Waals surface area contributed by atoms with E-state index in [1.807, 2.05) is 31.2 Å². The van der Waals surface area contributed by atoms with Crippen molar-refractivity contribution < 1.29 is 19.1 Å². The first kappa shape index (κ1) is 24.6. The van der Waals surface area contributed by atoms with Gasteiger partial charge in [-0.1, -0.05) is 66.2 Å². The van der Waals surface area contributed by atoms with E-state index >= 15 is 0 Å². The maximum atomic E-state index is 14.3. The zero-order chi connectivity index (χ0) is 27.8. The van der Waals surface area contributed by atoms with Crippen LogP contribution in [0.1, 0.15) is 51.4 Å². The number of carbonyl (C=O) groups excluding carboxylic acids is 3. The Morgan fingerprint density at radius 1 is 0.875 bits per heavy atom. The van der Waals surface area contributed by atoms with Crippen molar-refractivity contribution in [1.29, 1.82) is 0 Å². The Bertz CT molecular complexity index is 1700. The van der Waals surface area contributed by atoms with Crippen molar-refractivity contribution in [3.8, 4) is 5.75 Å². The van der Waals surface area contributed by atoms with E-state index in [-0.39, 0.29) is 23.7 Å². The number of carbonyl (C=O) groups is 3. The molecule has 1 heterocycles. The molecule has 4 aromatic carbocycles. The number of nitrogens with zero attached hydrogens (tertiary/aromatic N) is 1. The van der Waals surface area contributed by atoms with Gasteiger partial charge in [0.15, 0.2) is 0 Å². The second-order valence-electron chi connectivity index (χ2n) is 10.8. The summed E-state index contributed by atoms with van der Waals surface area (Å²) in [4.78, 5) is 43.1. The number of hydrogen-bond donors (Lipinski definition) is 1. The SMILES string of the molecule is COc1ccc(Cl)cc1NC(=O)c1cccc(N2C(=O)[C@@H]3C4c5ccccc5C(c5ccccc54)[C@@]3(C)C2=O)c1. The average molecular weight is 549 g/mol. The van der Waals surface area contributed by atoms with Crippen LogP contribution < -0.4 is 15.0 Å². The molecule has 0 spiro atoms. The number of nitrogens with one attached hydrogen (secondary N) is 1. The molecule has 1 saturated heterocycles. The van der Waals surface area contributed by atoms with E-state index in [0.717, 1.165) is 22.3 Å². The maximum absolute atomic E-state index is 14.3. The van der Waals surface area contributed by atoms with Gasteiger partial charge in [-0.05, 0) is 65.6 Å². The zero-order valence-corrected chi connectivity index (χ0v) is 22.6. The molecule has 1 fully saturated rings. The molecule has 3 aliphatic carbocycles. The average Bonchev–Trinajstić information content (AvgIpc) is 3.18. The molecular weight excluding hydrogens is 524 g/mol. The Morgan fingerprint density at radius 3 is 2.17 bits per heavy atom. The summed E-state index contributed by atoms with van der Waals surface area (Å²) < 4.78 is 5.34. The first-order valence-corrected chi connectivity index (χ1v) is 13.5. The lowest BCUT2D eigenvalue weighted by Gasteiger charge is -2.51. The van der Waals surface area contributed by atoms with Crippen molar-refractivity contribution >= 4 is 40.7 Å². The Morgan fingerprint density at radius 2 is 1.52 bits per heavy atom. The van der Waals surface area contributed by atoms with Gasteiger partial charge in [0.25, 0.3) is 5.91 Å². The van der Waals surface area contributed by atoms with Crippen molar-refractivity contribution in [3.63, 3.8) is 0 Å². The molecule has 0 radical (unpaired) electrons. The minimum absolute atomic E-state index is 0.217.